The van der Waals surface area contributed by atoms with E-state index in [2.05, 4.69) is 27.5 Å². The maximum absolute atomic E-state index is 13.0. The van der Waals surface area contributed by atoms with Crippen LogP contribution in [-0.4, -0.2) is 17.6 Å². The zero-order valence-electron chi connectivity index (χ0n) is 10.3. The number of rotatable bonds is 2. The molecule has 0 saturated carbocycles. The van der Waals surface area contributed by atoms with Crippen molar-refractivity contribution in [2.75, 3.05) is 17.2 Å². The van der Waals surface area contributed by atoms with Crippen LogP contribution in [0.25, 0.3) is 0 Å². The maximum Gasteiger partial charge on any atom is 0.325 e. The third kappa shape index (κ3) is 4.05. The number of halogens is 1. The van der Waals surface area contributed by atoms with Crippen molar-refractivity contribution in [1.82, 2.24) is 4.98 Å². The molecule has 102 valence electrons. The maximum atomic E-state index is 13.0. The summed E-state index contributed by atoms with van der Waals surface area (Å²) in [7, 11) is 0. The van der Waals surface area contributed by atoms with Crippen molar-refractivity contribution in [2.24, 2.45) is 5.73 Å². The van der Waals surface area contributed by atoms with Crippen LogP contribution >= 0.6 is 11.3 Å². The second kappa shape index (κ2) is 6.65. The fraction of sp³-hybridized carbons (Fsp3) is 0.0769. The molecule has 1 aromatic heterocycles. The minimum atomic E-state index is -0.497. The summed E-state index contributed by atoms with van der Waals surface area (Å²) in [6, 6.07) is 5.12. The highest BCUT2D eigenvalue weighted by atomic mass is 32.1. The van der Waals surface area contributed by atoms with Gasteiger partial charge < -0.3 is 11.1 Å². The van der Waals surface area contributed by atoms with Crippen molar-refractivity contribution in [1.29, 1.82) is 0 Å². The lowest BCUT2D eigenvalue weighted by atomic mass is 10.3. The van der Waals surface area contributed by atoms with Crippen molar-refractivity contribution in [3.05, 3.63) is 41.2 Å². The minimum Gasteiger partial charge on any atom is -0.320 e. The molecule has 0 atom stereocenters. The Bertz CT molecular complexity index is 674. The van der Waals surface area contributed by atoms with Crippen LogP contribution in [0, 0.1) is 17.7 Å². The summed E-state index contributed by atoms with van der Waals surface area (Å²) in [5.41, 5.74) is 5.63. The molecule has 20 heavy (non-hydrogen) atoms. The van der Waals surface area contributed by atoms with Crippen LogP contribution in [-0.2, 0) is 0 Å². The highest BCUT2D eigenvalue weighted by Gasteiger charge is 2.06. The number of nitrogens with one attached hydrogen (secondary N) is 2. The molecule has 1 aromatic carbocycles. The molecule has 0 aliphatic carbocycles. The Labute approximate surface area is 119 Å². The molecule has 7 heteroatoms. The lowest BCUT2D eigenvalue weighted by Gasteiger charge is -2.04. The van der Waals surface area contributed by atoms with E-state index in [-0.39, 0.29) is 6.54 Å². The van der Waals surface area contributed by atoms with E-state index in [0.717, 1.165) is 0 Å². The summed E-state index contributed by atoms with van der Waals surface area (Å²) in [5, 5.41) is 5.45. The molecule has 2 amide bonds. The van der Waals surface area contributed by atoms with E-state index < -0.39 is 11.8 Å². The van der Waals surface area contributed by atoms with Crippen LogP contribution < -0.4 is 16.4 Å². The van der Waals surface area contributed by atoms with Crippen molar-refractivity contribution >= 4 is 28.2 Å². The lowest BCUT2D eigenvalue weighted by Crippen LogP contribution is -2.19. The molecule has 2 aromatic rings. The number of aromatic nitrogens is 1. The fourth-order valence-corrected chi connectivity index (χ4v) is 2.04. The first-order chi connectivity index (χ1) is 9.67. The van der Waals surface area contributed by atoms with Crippen LogP contribution in [0.4, 0.5) is 20.0 Å². The Balaban J connectivity index is 1.96. The molecule has 0 aliphatic rings. The van der Waals surface area contributed by atoms with Crippen LogP contribution in [0.3, 0.4) is 0 Å². The van der Waals surface area contributed by atoms with E-state index in [1.165, 1.54) is 29.5 Å². The molecular formula is C13H11FN4OS. The minimum absolute atomic E-state index is 0.265. The quantitative estimate of drug-likeness (QED) is 0.742. The number of carbonyl (C=O) groups is 1. The number of carbonyl (C=O) groups excluding carboxylic acids is 1. The predicted molar refractivity (Wildman–Crippen MR) is 77.1 cm³/mol. The Morgan fingerprint density at radius 1 is 1.45 bits per heavy atom. The summed E-state index contributed by atoms with van der Waals surface area (Å²) in [6.45, 7) is 0.265. The van der Waals surface area contributed by atoms with Crippen molar-refractivity contribution < 1.29 is 9.18 Å². The number of anilines is 2. The van der Waals surface area contributed by atoms with Crippen molar-refractivity contribution in [3.63, 3.8) is 0 Å². The zero-order chi connectivity index (χ0) is 14.4. The molecule has 1 heterocycles. The summed E-state index contributed by atoms with van der Waals surface area (Å²) in [4.78, 5) is 16.4. The van der Waals surface area contributed by atoms with E-state index in [4.69, 9.17) is 5.73 Å². The van der Waals surface area contributed by atoms with Crippen molar-refractivity contribution in [3.8, 4) is 11.8 Å². The molecule has 4 N–H and O–H groups in total. The average Bonchev–Trinajstić information content (AvgIpc) is 2.83. The predicted octanol–water partition coefficient (Wildman–Crippen LogP) is 2.24. The van der Waals surface area contributed by atoms with E-state index in [9.17, 15) is 9.18 Å². The molecule has 0 aliphatic heterocycles. The number of urea groups is 1. The van der Waals surface area contributed by atoms with Gasteiger partial charge >= 0.3 is 6.03 Å². The number of nitrogens with zero attached hydrogens (tertiary/aromatic N) is 1. The first kappa shape index (κ1) is 14.0. The molecular weight excluding hydrogens is 279 g/mol. The van der Waals surface area contributed by atoms with Crippen LogP contribution in [0.2, 0.25) is 0 Å². The molecule has 0 fully saturated rings. The van der Waals surface area contributed by atoms with Crippen molar-refractivity contribution in [2.45, 2.75) is 0 Å². The summed E-state index contributed by atoms with van der Waals surface area (Å²) < 4.78 is 13.0. The smallest absolute Gasteiger partial charge is 0.320 e. The van der Waals surface area contributed by atoms with E-state index in [0.29, 0.717) is 15.7 Å². The molecule has 0 spiro atoms. The van der Waals surface area contributed by atoms with Gasteiger partial charge in [0.25, 0.3) is 0 Å². The van der Waals surface area contributed by atoms with Gasteiger partial charge in [0.2, 0.25) is 0 Å². The number of benzene rings is 1. The van der Waals surface area contributed by atoms with Gasteiger partial charge in [0, 0.05) is 5.69 Å². The van der Waals surface area contributed by atoms with Gasteiger partial charge in [-0.1, -0.05) is 29.2 Å². The third-order valence-corrected chi connectivity index (χ3v) is 2.95. The third-order valence-electron chi connectivity index (χ3n) is 2.12. The number of amides is 2. The first-order valence-corrected chi connectivity index (χ1v) is 6.47. The number of hydrogen-bond acceptors (Lipinski definition) is 4. The van der Waals surface area contributed by atoms with Crippen LogP contribution in [0.5, 0.6) is 0 Å². The molecule has 0 radical (unpaired) electrons. The van der Waals surface area contributed by atoms with Gasteiger partial charge in [-0.3, -0.25) is 5.32 Å². The average molecular weight is 290 g/mol. The normalized spacial score (nSPS) is 9.50. The van der Waals surface area contributed by atoms with Gasteiger partial charge in [0.1, 0.15) is 5.82 Å². The number of hydrogen-bond donors (Lipinski definition) is 3. The van der Waals surface area contributed by atoms with Gasteiger partial charge in [0.15, 0.2) is 5.13 Å². The second-order valence-corrected chi connectivity index (χ2v) is 4.66. The zero-order valence-corrected chi connectivity index (χ0v) is 11.1. The highest BCUT2D eigenvalue weighted by Crippen LogP contribution is 2.17. The Kier molecular flexibility index (Phi) is 4.65. The molecule has 2 rings (SSSR count). The van der Waals surface area contributed by atoms with E-state index >= 15 is 0 Å². The second-order valence-electron chi connectivity index (χ2n) is 3.63. The topological polar surface area (TPSA) is 80.0 Å². The van der Waals surface area contributed by atoms with Gasteiger partial charge in [0.05, 0.1) is 17.6 Å². The first-order valence-electron chi connectivity index (χ1n) is 5.66. The summed E-state index contributed by atoms with van der Waals surface area (Å²) in [6.07, 6.45) is 1.55. The fourth-order valence-electron chi connectivity index (χ4n) is 1.35. The molecule has 5 nitrogen and oxygen atoms in total. The lowest BCUT2D eigenvalue weighted by molar-refractivity contribution is 0.262. The van der Waals surface area contributed by atoms with Gasteiger partial charge in [-0.25, -0.2) is 14.2 Å². The Morgan fingerprint density at radius 3 is 3.05 bits per heavy atom. The standard InChI is InChI=1S/C13H11FN4OS/c14-9-3-1-4-10(7-9)17-12(19)18-13-16-8-11(20-13)5-2-6-15/h1,3-4,7-8H,6,15H2,(H2,16,17,18,19). The van der Waals surface area contributed by atoms with E-state index in [1.54, 1.807) is 12.3 Å². The monoisotopic (exact) mass is 290 g/mol. The summed E-state index contributed by atoms with van der Waals surface area (Å²) in [5.74, 6) is 5.09. The van der Waals surface area contributed by atoms with Crippen LogP contribution in [0.15, 0.2) is 30.5 Å². The van der Waals surface area contributed by atoms with Gasteiger partial charge in [-0.2, -0.15) is 0 Å². The number of nitrogens with two attached hydrogens (primary N) is 1. The molecule has 0 saturated heterocycles. The number of thiazole rings is 1. The van der Waals surface area contributed by atoms with Gasteiger partial charge in [-0.05, 0) is 18.2 Å². The summed E-state index contributed by atoms with van der Waals surface area (Å²) >= 11 is 1.23. The Hall–Kier alpha value is -2.43. The van der Waals surface area contributed by atoms with Crippen LogP contribution in [0.1, 0.15) is 4.88 Å². The van der Waals surface area contributed by atoms with Gasteiger partial charge in [-0.15, -0.1) is 0 Å². The SMILES string of the molecule is NCC#Cc1cnc(NC(=O)Nc2cccc(F)c2)s1. The van der Waals surface area contributed by atoms with E-state index in [1.807, 2.05) is 0 Å². The Morgan fingerprint density at radius 2 is 2.30 bits per heavy atom. The largest absolute Gasteiger partial charge is 0.325 e. The molecule has 0 unspecified atom stereocenters. The highest BCUT2D eigenvalue weighted by molar-refractivity contribution is 7.16. The molecule has 0 bridgehead atoms.